The Kier molecular flexibility index (Phi) is 4.54. The molecule has 9 heteroatoms. The Morgan fingerprint density at radius 1 is 1.38 bits per heavy atom. The number of rotatable bonds is 5. The van der Waals surface area contributed by atoms with E-state index in [-0.39, 0.29) is 16.5 Å². The van der Waals surface area contributed by atoms with E-state index < -0.39 is 16.0 Å². The van der Waals surface area contributed by atoms with Crippen LogP contribution >= 0.6 is 0 Å². The number of benzene rings is 1. The fourth-order valence-electron chi connectivity index (χ4n) is 2.42. The molecule has 1 aliphatic heterocycles. The molecular weight excluding hydrogens is 334 g/mol. The summed E-state index contributed by atoms with van der Waals surface area (Å²) in [6.45, 7) is 1.25. The number of ether oxygens (including phenoxy) is 2. The predicted octanol–water partition coefficient (Wildman–Crippen LogP) is 1.43. The molecule has 128 valence electrons. The molecule has 1 N–H and O–H groups in total. The second-order valence-corrected chi connectivity index (χ2v) is 7.03. The molecule has 0 saturated carbocycles. The molecule has 0 radical (unpaired) electrons. The number of esters is 1. The lowest BCUT2D eigenvalue weighted by molar-refractivity contribution is 0.0600. The summed E-state index contributed by atoms with van der Waals surface area (Å²) in [5, 5.41) is 4.17. The molecule has 0 spiro atoms. The predicted molar refractivity (Wildman–Crippen MR) is 85.3 cm³/mol. The molecule has 2 aromatic rings. The second-order valence-electron chi connectivity index (χ2n) is 5.35. The van der Waals surface area contributed by atoms with E-state index in [1.165, 1.54) is 37.6 Å². The van der Waals surface area contributed by atoms with Crippen molar-refractivity contribution in [2.45, 2.75) is 17.4 Å². The van der Waals surface area contributed by atoms with Gasteiger partial charge in [-0.05, 0) is 30.7 Å². The van der Waals surface area contributed by atoms with Crippen LogP contribution < -0.4 is 4.72 Å². The van der Waals surface area contributed by atoms with Crippen molar-refractivity contribution in [1.29, 1.82) is 0 Å². The first-order chi connectivity index (χ1) is 11.5. The van der Waals surface area contributed by atoms with E-state index >= 15 is 0 Å². The number of hydrogen-bond donors (Lipinski definition) is 1. The summed E-state index contributed by atoms with van der Waals surface area (Å²) in [6.07, 6.45) is 3.95. The number of nitrogens with zero attached hydrogens (tertiary/aromatic N) is 2. The van der Waals surface area contributed by atoms with Crippen molar-refractivity contribution >= 4 is 21.7 Å². The summed E-state index contributed by atoms with van der Waals surface area (Å²) in [5.74, 6) is -0.521. The highest BCUT2D eigenvalue weighted by Gasteiger charge is 2.20. The highest BCUT2D eigenvalue weighted by molar-refractivity contribution is 7.92. The van der Waals surface area contributed by atoms with E-state index in [2.05, 4.69) is 14.6 Å². The number of nitrogens with one attached hydrogen (secondary N) is 1. The lowest BCUT2D eigenvalue weighted by Crippen LogP contribution is -2.13. The second kappa shape index (κ2) is 6.62. The van der Waals surface area contributed by atoms with Gasteiger partial charge in [0.2, 0.25) is 0 Å². The van der Waals surface area contributed by atoms with Crippen molar-refractivity contribution in [2.75, 3.05) is 25.0 Å². The Bertz CT molecular complexity index is 823. The zero-order valence-electron chi connectivity index (χ0n) is 13.0. The van der Waals surface area contributed by atoms with Gasteiger partial charge < -0.3 is 9.47 Å². The zero-order chi connectivity index (χ0) is 17.2. The van der Waals surface area contributed by atoms with E-state index in [0.717, 1.165) is 6.42 Å². The van der Waals surface area contributed by atoms with Crippen LogP contribution in [0.5, 0.6) is 0 Å². The first kappa shape index (κ1) is 16.5. The molecule has 1 fully saturated rings. The average Bonchev–Trinajstić information content (AvgIpc) is 3.25. The Hall–Kier alpha value is -2.39. The molecule has 3 rings (SSSR count). The van der Waals surface area contributed by atoms with E-state index in [4.69, 9.17) is 4.74 Å². The van der Waals surface area contributed by atoms with Crippen LogP contribution in [0.25, 0.3) is 0 Å². The molecule has 1 saturated heterocycles. The van der Waals surface area contributed by atoms with E-state index in [1.807, 2.05) is 0 Å². The van der Waals surface area contributed by atoms with Crippen molar-refractivity contribution in [3.05, 3.63) is 42.2 Å². The molecule has 0 amide bonds. The van der Waals surface area contributed by atoms with Crippen molar-refractivity contribution in [3.8, 4) is 0 Å². The summed E-state index contributed by atoms with van der Waals surface area (Å²) in [4.78, 5) is 11.4. The van der Waals surface area contributed by atoms with Gasteiger partial charge in [0.05, 0.1) is 42.1 Å². The Balaban J connectivity index is 1.75. The third-order valence-corrected chi connectivity index (χ3v) is 5.12. The van der Waals surface area contributed by atoms with Gasteiger partial charge in [0.25, 0.3) is 10.0 Å². The van der Waals surface area contributed by atoms with Gasteiger partial charge in [0.1, 0.15) is 0 Å². The Morgan fingerprint density at radius 3 is 2.75 bits per heavy atom. The Morgan fingerprint density at radius 2 is 2.12 bits per heavy atom. The fraction of sp³-hybridized carbons (Fsp3) is 0.333. The fourth-order valence-corrected chi connectivity index (χ4v) is 3.45. The van der Waals surface area contributed by atoms with Gasteiger partial charge in [0, 0.05) is 12.8 Å². The van der Waals surface area contributed by atoms with Crippen molar-refractivity contribution in [1.82, 2.24) is 9.78 Å². The van der Waals surface area contributed by atoms with Gasteiger partial charge in [-0.25, -0.2) is 13.2 Å². The number of hydrogen-bond acceptors (Lipinski definition) is 6. The quantitative estimate of drug-likeness (QED) is 0.818. The van der Waals surface area contributed by atoms with Crippen LogP contribution in [0.3, 0.4) is 0 Å². The van der Waals surface area contributed by atoms with E-state index in [1.54, 1.807) is 10.9 Å². The number of carbonyl (C=O) groups excluding carboxylic acids is 1. The van der Waals surface area contributed by atoms with Crippen LogP contribution in [0, 0.1) is 0 Å². The van der Waals surface area contributed by atoms with Crippen molar-refractivity contribution < 1.29 is 22.7 Å². The molecule has 1 aliphatic rings. The number of aromatic nitrogens is 2. The van der Waals surface area contributed by atoms with Crippen LogP contribution in [0.1, 0.15) is 22.8 Å². The van der Waals surface area contributed by atoms with Crippen LogP contribution in [-0.2, 0) is 19.5 Å². The third kappa shape index (κ3) is 3.41. The molecular formula is C15H17N3O5S. The first-order valence-corrected chi connectivity index (χ1v) is 8.81. The number of anilines is 1. The third-order valence-electron chi connectivity index (χ3n) is 3.72. The summed E-state index contributed by atoms with van der Waals surface area (Å²) < 4.78 is 38.8. The van der Waals surface area contributed by atoms with Gasteiger partial charge in [0.15, 0.2) is 0 Å². The van der Waals surface area contributed by atoms with Gasteiger partial charge >= 0.3 is 5.97 Å². The van der Waals surface area contributed by atoms with Crippen LogP contribution in [0.15, 0.2) is 41.6 Å². The molecule has 1 atom stereocenters. The molecule has 0 aliphatic carbocycles. The molecule has 1 aromatic heterocycles. The minimum Gasteiger partial charge on any atom is -0.465 e. The van der Waals surface area contributed by atoms with Gasteiger partial charge in [-0.2, -0.15) is 5.10 Å². The van der Waals surface area contributed by atoms with Crippen molar-refractivity contribution in [3.63, 3.8) is 0 Å². The minimum atomic E-state index is -3.76. The summed E-state index contributed by atoms with van der Waals surface area (Å²) in [7, 11) is -2.49. The van der Waals surface area contributed by atoms with Crippen LogP contribution in [-0.4, -0.2) is 44.5 Å². The Labute approximate surface area is 139 Å². The highest BCUT2D eigenvalue weighted by atomic mass is 32.2. The van der Waals surface area contributed by atoms with Gasteiger partial charge in [-0.3, -0.25) is 9.40 Å². The summed E-state index contributed by atoms with van der Waals surface area (Å²) in [5.41, 5.74) is 0.657. The van der Waals surface area contributed by atoms with Crippen LogP contribution in [0.4, 0.5) is 5.69 Å². The molecule has 0 unspecified atom stereocenters. The number of carbonyl (C=O) groups is 1. The summed E-state index contributed by atoms with van der Waals surface area (Å²) in [6, 6.07) is 5.63. The monoisotopic (exact) mass is 351 g/mol. The lowest BCUT2D eigenvalue weighted by atomic mass is 10.2. The molecule has 2 heterocycles. The van der Waals surface area contributed by atoms with Gasteiger partial charge in [-0.15, -0.1) is 0 Å². The summed E-state index contributed by atoms with van der Waals surface area (Å²) >= 11 is 0. The molecule has 1 aromatic carbocycles. The maximum atomic E-state index is 12.4. The number of sulfonamides is 1. The lowest BCUT2D eigenvalue weighted by Gasteiger charge is -2.08. The maximum absolute atomic E-state index is 12.4. The normalized spacial score (nSPS) is 17.6. The average molecular weight is 351 g/mol. The topological polar surface area (TPSA) is 99.5 Å². The van der Waals surface area contributed by atoms with Crippen molar-refractivity contribution in [2.24, 2.45) is 0 Å². The van der Waals surface area contributed by atoms with Crippen LogP contribution in [0.2, 0.25) is 0 Å². The number of methoxy groups -OCH3 is 1. The smallest absolute Gasteiger partial charge is 0.337 e. The highest BCUT2D eigenvalue weighted by Crippen LogP contribution is 2.21. The molecule has 8 nitrogen and oxygen atoms in total. The minimum absolute atomic E-state index is 0.0482. The standard InChI is InChI=1S/C15H17N3O5S/c1-22-15(19)11-2-4-14(5-3-11)24(20,21)17-12-8-16-18(9-12)13-6-7-23-10-13/h2-5,8-9,13,17H,6-7,10H2,1H3/t13-/m1/s1. The zero-order valence-corrected chi connectivity index (χ0v) is 13.8. The SMILES string of the molecule is COC(=O)c1ccc(S(=O)(=O)Nc2cnn([C@@H]3CCOC3)c2)cc1. The largest absolute Gasteiger partial charge is 0.465 e. The van der Waals surface area contributed by atoms with Gasteiger partial charge in [-0.1, -0.05) is 0 Å². The maximum Gasteiger partial charge on any atom is 0.337 e. The van der Waals surface area contributed by atoms with E-state index in [9.17, 15) is 13.2 Å². The molecule has 24 heavy (non-hydrogen) atoms. The first-order valence-electron chi connectivity index (χ1n) is 7.33. The van der Waals surface area contributed by atoms with E-state index in [0.29, 0.717) is 18.9 Å². The molecule has 0 bridgehead atoms.